The number of rotatable bonds is 5. The molecule has 1 aromatic rings. The molecule has 1 heterocycles. The molecule has 0 aliphatic rings. The van der Waals surface area contributed by atoms with Gasteiger partial charge in [0.25, 0.3) is 0 Å². The highest BCUT2D eigenvalue weighted by Crippen LogP contribution is 2.25. The van der Waals surface area contributed by atoms with Gasteiger partial charge in [-0.15, -0.1) is 16.9 Å². The zero-order valence-corrected chi connectivity index (χ0v) is 11.4. The maximum Gasteiger partial charge on any atom is 0.124 e. The molecule has 1 unspecified atom stereocenters. The SMILES string of the molecule is CCC(C)CSc1nnc(C)c(C)c1CN. The van der Waals surface area contributed by atoms with Crippen LogP contribution in [0.25, 0.3) is 0 Å². The molecule has 0 amide bonds. The largest absolute Gasteiger partial charge is 0.326 e. The third-order valence-corrected chi connectivity index (χ3v) is 4.29. The van der Waals surface area contributed by atoms with Gasteiger partial charge in [0, 0.05) is 17.9 Å². The minimum atomic E-state index is 0.547. The van der Waals surface area contributed by atoms with Gasteiger partial charge < -0.3 is 5.73 Å². The Kier molecular flexibility index (Phi) is 5.22. The Morgan fingerprint density at radius 2 is 2.00 bits per heavy atom. The molecule has 0 saturated carbocycles. The van der Waals surface area contributed by atoms with E-state index in [4.69, 9.17) is 5.73 Å². The highest BCUT2D eigenvalue weighted by atomic mass is 32.2. The molecule has 16 heavy (non-hydrogen) atoms. The molecule has 1 rings (SSSR count). The third-order valence-electron chi connectivity index (χ3n) is 2.95. The van der Waals surface area contributed by atoms with Gasteiger partial charge in [0.05, 0.1) is 5.69 Å². The first-order chi connectivity index (χ1) is 7.60. The van der Waals surface area contributed by atoms with Crippen LogP contribution in [0.4, 0.5) is 0 Å². The second-order valence-corrected chi connectivity index (χ2v) is 5.23. The van der Waals surface area contributed by atoms with Gasteiger partial charge in [0.1, 0.15) is 5.03 Å². The molecule has 1 atom stereocenters. The highest BCUT2D eigenvalue weighted by molar-refractivity contribution is 7.99. The summed E-state index contributed by atoms with van der Waals surface area (Å²) in [6.45, 7) is 9.06. The highest BCUT2D eigenvalue weighted by Gasteiger charge is 2.11. The number of hydrogen-bond donors (Lipinski definition) is 1. The fourth-order valence-corrected chi connectivity index (χ4v) is 2.52. The van der Waals surface area contributed by atoms with Gasteiger partial charge in [-0.2, -0.15) is 5.10 Å². The van der Waals surface area contributed by atoms with Crippen molar-refractivity contribution in [3.8, 4) is 0 Å². The van der Waals surface area contributed by atoms with Crippen molar-refractivity contribution in [2.45, 2.75) is 45.7 Å². The van der Waals surface area contributed by atoms with Crippen LogP contribution in [-0.4, -0.2) is 16.0 Å². The maximum atomic E-state index is 5.78. The first-order valence-electron chi connectivity index (χ1n) is 5.75. The smallest absolute Gasteiger partial charge is 0.124 e. The van der Waals surface area contributed by atoms with Crippen LogP contribution in [0.15, 0.2) is 5.03 Å². The lowest BCUT2D eigenvalue weighted by Gasteiger charge is -2.12. The molecule has 0 fully saturated rings. The maximum absolute atomic E-state index is 5.78. The van der Waals surface area contributed by atoms with Crippen molar-refractivity contribution < 1.29 is 0 Å². The van der Waals surface area contributed by atoms with Crippen molar-refractivity contribution in [3.05, 3.63) is 16.8 Å². The van der Waals surface area contributed by atoms with Crippen LogP contribution < -0.4 is 5.73 Å². The van der Waals surface area contributed by atoms with Gasteiger partial charge >= 0.3 is 0 Å². The van der Waals surface area contributed by atoms with Crippen molar-refractivity contribution in [1.29, 1.82) is 0 Å². The summed E-state index contributed by atoms with van der Waals surface area (Å²) in [6.07, 6.45) is 1.20. The summed E-state index contributed by atoms with van der Waals surface area (Å²) in [4.78, 5) is 0. The van der Waals surface area contributed by atoms with Gasteiger partial charge in [0.2, 0.25) is 0 Å². The van der Waals surface area contributed by atoms with Crippen molar-refractivity contribution in [2.24, 2.45) is 11.7 Å². The minimum Gasteiger partial charge on any atom is -0.326 e. The number of nitrogens with zero attached hydrogens (tertiary/aromatic N) is 2. The fraction of sp³-hybridized carbons (Fsp3) is 0.667. The van der Waals surface area contributed by atoms with Crippen molar-refractivity contribution in [2.75, 3.05) is 5.75 Å². The van der Waals surface area contributed by atoms with E-state index in [2.05, 4.69) is 31.0 Å². The normalized spacial score (nSPS) is 12.8. The average Bonchev–Trinajstić information content (AvgIpc) is 2.30. The number of aryl methyl sites for hydroxylation is 1. The van der Waals surface area contributed by atoms with Crippen LogP contribution in [0.1, 0.15) is 37.1 Å². The summed E-state index contributed by atoms with van der Waals surface area (Å²) in [7, 11) is 0. The summed E-state index contributed by atoms with van der Waals surface area (Å²) in [6, 6.07) is 0. The van der Waals surface area contributed by atoms with E-state index in [1.807, 2.05) is 6.92 Å². The molecule has 0 aliphatic carbocycles. The minimum absolute atomic E-state index is 0.547. The lowest BCUT2D eigenvalue weighted by atomic mass is 10.1. The molecular weight excluding hydrogens is 218 g/mol. The summed E-state index contributed by atoms with van der Waals surface area (Å²) in [5, 5.41) is 9.42. The van der Waals surface area contributed by atoms with Crippen LogP contribution in [0.2, 0.25) is 0 Å². The van der Waals surface area contributed by atoms with Gasteiger partial charge in [0.15, 0.2) is 0 Å². The van der Waals surface area contributed by atoms with Gasteiger partial charge in [-0.25, -0.2) is 0 Å². The second-order valence-electron chi connectivity index (χ2n) is 4.22. The molecular formula is C12H21N3S. The van der Waals surface area contributed by atoms with Gasteiger partial charge in [-0.05, 0) is 25.3 Å². The Hall–Kier alpha value is -0.610. The quantitative estimate of drug-likeness (QED) is 0.803. The number of hydrogen-bond acceptors (Lipinski definition) is 4. The molecule has 4 heteroatoms. The lowest BCUT2D eigenvalue weighted by molar-refractivity contribution is 0.636. The van der Waals surface area contributed by atoms with E-state index in [9.17, 15) is 0 Å². The topological polar surface area (TPSA) is 51.8 Å². The van der Waals surface area contributed by atoms with Crippen LogP contribution in [-0.2, 0) is 6.54 Å². The van der Waals surface area contributed by atoms with E-state index in [0.29, 0.717) is 12.5 Å². The zero-order chi connectivity index (χ0) is 12.1. The zero-order valence-electron chi connectivity index (χ0n) is 10.6. The molecule has 0 aliphatic heterocycles. The van der Waals surface area contributed by atoms with E-state index in [0.717, 1.165) is 22.0 Å². The summed E-state index contributed by atoms with van der Waals surface area (Å²) in [5.41, 5.74) is 9.10. The molecule has 0 bridgehead atoms. The summed E-state index contributed by atoms with van der Waals surface area (Å²) >= 11 is 1.77. The number of nitrogens with two attached hydrogens (primary N) is 1. The molecule has 0 aromatic carbocycles. The Morgan fingerprint density at radius 1 is 1.31 bits per heavy atom. The van der Waals surface area contributed by atoms with E-state index in [-0.39, 0.29) is 0 Å². The van der Waals surface area contributed by atoms with Crippen molar-refractivity contribution in [1.82, 2.24) is 10.2 Å². The molecule has 0 spiro atoms. The number of thioether (sulfide) groups is 1. The summed E-state index contributed by atoms with van der Waals surface area (Å²) in [5.74, 6) is 1.79. The van der Waals surface area contributed by atoms with Crippen LogP contribution in [0, 0.1) is 19.8 Å². The monoisotopic (exact) mass is 239 g/mol. The van der Waals surface area contributed by atoms with E-state index in [1.165, 1.54) is 12.0 Å². The molecule has 3 nitrogen and oxygen atoms in total. The second kappa shape index (κ2) is 6.21. The van der Waals surface area contributed by atoms with Crippen LogP contribution in [0.5, 0.6) is 0 Å². The summed E-state index contributed by atoms with van der Waals surface area (Å²) < 4.78 is 0. The van der Waals surface area contributed by atoms with E-state index < -0.39 is 0 Å². The first kappa shape index (κ1) is 13.5. The van der Waals surface area contributed by atoms with Crippen LogP contribution >= 0.6 is 11.8 Å². The molecule has 1 aromatic heterocycles. The standard InChI is InChI=1S/C12H21N3S/c1-5-8(2)7-16-12-11(6-13)9(3)10(4)14-15-12/h8H,5-7,13H2,1-4H3. The first-order valence-corrected chi connectivity index (χ1v) is 6.74. The molecule has 0 radical (unpaired) electrons. The van der Waals surface area contributed by atoms with Crippen molar-refractivity contribution in [3.63, 3.8) is 0 Å². The van der Waals surface area contributed by atoms with Gasteiger partial charge in [-0.3, -0.25) is 0 Å². The van der Waals surface area contributed by atoms with Crippen LogP contribution in [0.3, 0.4) is 0 Å². The molecule has 90 valence electrons. The Balaban J connectivity index is 2.84. The Bertz CT molecular complexity index is 352. The van der Waals surface area contributed by atoms with Crippen molar-refractivity contribution >= 4 is 11.8 Å². The van der Waals surface area contributed by atoms with E-state index in [1.54, 1.807) is 11.8 Å². The fourth-order valence-electron chi connectivity index (χ4n) is 1.33. The predicted octanol–water partition coefficient (Wildman–Crippen LogP) is 2.69. The average molecular weight is 239 g/mol. The molecule has 0 saturated heterocycles. The Labute approximate surface area is 102 Å². The predicted molar refractivity (Wildman–Crippen MR) is 69.6 cm³/mol. The number of aromatic nitrogens is 2. The lowest BCUT2D eigenvalue weighted by Crippen LogP contribution is -2.08. The Morgan fingerprint density at radius 3 is 2.56 bits per heavy atom. The van der Waals surface area contributed by atoms with E-state index >= 15 is 0 Å². The molecule has 2 N–H and O–H groups in total. The van der Waals surface area contributed by atoms with Gasteiger partial charge in [-0.1, -0.05) is 20.3 Å². The third kappa shape index (κ3) is 3.19.